The molecule has 5 nitrogen and oxygen atoms in total. The van der Waals surface area contributed by atoms with Crippen molar-refractivity contribution in [1.82, 2.24) is 4.57 Å². The molecule has 24 heavy (non-hydrogen) atoms. The first-order valence-corrected chi connectivity index (χ1v) is 8.53. The summed E-state index contributed by atoms with van der Waals surface area (Å²) in [4.78, 5) is 13.7. The number of nitrogens with one attached hydrogen (secondary N) is 1. The van der Waals surface area contributed by atoms with Crippen molar-refractivity contribution in [3.8, 4) is 11.5 Å². The van der Waals surface area contributed by atoms with Crippen molar-refractivity contribution in [2.45, 2.75) is 12.5 Å². The van der Waals surface area contributed by atoms with Gasteiger partial charge in [-0.3, -0.25) is 4.79 Å². The van der Waals surface area contributed by atoms with Crippen LogP contribution in [0, 0.1) is 0 Å². The lowest BCUT2D eigenvalue weighted by Gasteiger charge is -2.17. The zero-order valence-electron chi connectivity index (χ0n) is 12.8. The lowest BCUT2D eigenvalue weighted by atomic mass is 10.1. The second-order valence-corrected chi connectivity index (χ2v) is 6.46. The van der Waals surface area contributed by atoms with Crippen molar-refractivity contribution in [2.75, 3.05) is 12.1 Å². The summed E-state index contributed by atoms with van der Waals surface area (Å²) in [7, 11) is 0. The van der Waals surface area contributed by atoms with Gasteiger partial charge in [-0.15, -0.1) is 11.3 Å². The molecule has 1 aliphatic heterocycles. The first-order valence-electron chi connectivity index (χ1n) is 7.65. The van der Waals surface area contributed by atoms with Gasteiger partial charge in [-0.1, -0.05) is 6.07 Å². The normalized spacial score (nSPS) is 13.7. The minimum Gasteiger partial charge on any atom is -0.454 e. The van der Waals surface area contributed by atoms with E-state index in [0.717, 1.165) is 4.88 Å². The van der Waals surface area contributed by atoms with E-state index in [-0.39, 0.29) is 18.7 Å². The fourth-order valence-electron chi connectivity index (χ4n) is 2.75. The van der Waals surface area contributed by atoms with Crippen LogP contribution in [0.5, 0.6) is 11.5 Å². The highest BCUT2D eigenvalue weighted by Gasteiger charge is 2.19. The molecule has 1 amide bonds. The largest absolute Gasteiger partial charge is 0.454 e. The molecule has 0 saturated carbocycles. The molecule has 3 aromatic rings. The summed E-state index contributed by atoms with van der Waals surface area (Å²) >= 11 is 1.66. The van der Waals surface area contributed by atoms with E-state index in [9.17, 15) is 4.79 Å². The molecule has 0 radical (unpaired) electrons. The number of rotatable bonds is 5. The SMILES string of the molecule is O=C(CC(c1cccs1)n1cccc1)Nc1ccc2c(c1)OCO2. The summed E-state index contributed by atoms with van der Waals surface area (Å²) in [5.41, 5.74) is 0.710. The molecular weight excluding hydrogens is 324 g/mol. The molecule has 1 aliphatic rings. The van der Waals surface area contributed by atoms with Gasteiger partial charge in [0, 0.05) is 29.0 Å². The molecule has 2 aromatic heterocycles. The molecule has 0 saturated heterocycles. The molecule has 1 N–H and O–H groups in total. The van der Waals surface area contributed by atoms with Crippen LogP contribution >= 0.6 is 11.3 Å². The van der Waals surface area contributed by atoms with Crippen LogP contribution in [0.15, 0.2) is 60.2 Å². The minimum atomic E-state index is -0.0408. The van der Waals surface area contributed by atoms with Gasteiger partial charge < -0.3 is 19.4 Å². The monoisotopic (exact) mass is 340 g/mol. The fraction of sp³-hybridized carbons (Fsp3) is 0.167. The predicted molar refractivity (Wildman–Crippen MR) is 92.7 cm³/mol. The molecule has 0 fully saturated rings. The average Bonchev–Trinajstić information content (AvgIpc) is 3.33. The molecule has 4 rings (SSSR count). The second kappa shape index (κ2) is 6.41. The number of fused-ring (bicyclic) bond motifs is 1. The van der Waals surface area contributed by atoms with Gasteiger partial charge >= 0.3 is 0 Å². The summed E-state index contributed by atoms with van der Waals surface area (Å²) in [6.45, 7) is 0.223. The molecule has 0 spiro atoms. The highest BCUT2D eigenvalue weighted by molar-refractivity contribution is 7.10. The standard InChI is InChI=1S/C18H16N2O3S/c21-18(19-13-5-6-15-16(10-13)23-12-22-15)11-14(17-4-3-9-24-17)20-7-1-2-8-20/h1-10,14H,11-12H2,(H,19,21). The van der Waals surface area contributed by atoms with Gasteiger partial charge in [0.1, 0.15) is 0 Å². The third-order valence-electron chi connectivity index (χ3n) is 3.89. The third-order valence-corrected chi connectivity index (χ3v) is 4.87. The Hall–Kier alpha value is -2.73. The van der Waals surface area contributed by atoms with E-state index in [2.05, 4.69) is 16.0 Å². The molecule has 1 atom stereocenters. The number of nitrogens with zero attached hydrogens (tertiary/aromatic N) is 1. The van der Waals surface area contributed by atoms with Gasteiger partial charge in [0.15, 0.2) is 11.5 Å². The minimum absolute atomic E-state index is 0.00555. The quantitative estimate of drug-likeness (QED) is 0.766. The number of amides is 1. The van der Waals surface area contributed by atoms with E-state index >= 15 is 0 Å². The van der Waals surface area contributed by atoms with E-state index in [1.54, 1.807) is 23.5 Å². The van der Waals surface area contributed by atoms with E-state index < -0.39 is 0 Å². The molecule has 1 aromatic carbocycles. The smallest absolute Gasteiger partial charge is 0.231 e. The maximum Gasteiger partial charge on any atom is 0.231 e. The van der Waals surface area contributed by atoms with Crippen LogP contribution in [-0.2, 0) is 4.79 Å². The third kappa shape index (κ3) is 3.00. The summed E-state index contributed by atoms with van der Waals surface area (Å²) in [6, 6.07) is 13.4. The van der Waals surface area contributed by atoms with Crippen LogP contribution in [0.1, 0.15) is 17.3 Å². The number of anilines is 1. The van der Waals surface area contributed by atoms with Gasteiger partial charge in [-0.05, 0) is 35.7 Å². The highest BCUT2D eigenvalue weighted by atomic mass is 32.1. The predicted octanol–water partition coefficient (Wildman–Crippen LogP) is 3.90. The van der Waals surface area contributed by atoms with Gasteiger partial charge in [0.2, 0.25) is 12.7 Å². The molecule has 0 aliphatic carbocycles. The highest BCUT2D eigenvalue weighted by Crippen LogP contribution is 2.34. The Kier molecular flexibility index (Phi) is 3.96. The lowest BCUT2D eigenvalue weighted by Crippen LogP contribution is -2.19. The number of thiophene rings is 1. The van der Waals surface area contributed by atoms with Gasteiger partial charge in [0.05, 0.1) is 12.5 Å². The Labute approximate surface area is 143 Å². The number of benzene rings is 1. The summed E-state index contributed by atoms with van der Waals surface area (Å²) in [6.07, 6.45) is 4.33. The lowest BCUT2D eigenvalue weighted by molar-refractivity contribution is -0.116. The van der Waals surface area contributed by atoms with Crippen LogP contribution in [0.25, 0.3) is 0 Å². The van der Waals surface area contributed by atoms with Crippen LogP contribution in [0.3, 0.4) is 0 Å². The van der Waals surface area contributed by atoms with Gasteiger partial charge in [-0.2, -0.15) is 0 Å². The van der Waals surface area contributed by atoms with Crippen molar-refractivity contribution < 1.29 is 14.3 Å². The van der Waals surface area contributed by atoms with E-state index in [4.69, 9.17) is 9.47 Å². The van der Waals surface area contributed by atoms with Crippen LogP contribution in [0.2, 0.25) is 0 Å². The summed E-state index contributed by atoms with van der Waals surface area (Å²) in [5.74, 6) is 1.32. The van der Waals surface area contributed by atoms with Gasteiger partial charge in [-0.25, -0.2) is 0 Å². The molecule has 6 heteroatoms. The van der Waals surface area contributed by atoms with Crippen molar-refractivity contribution in [1.29, 1.82) is 0 Å². The topological polar surface area (TPSA) is 52.5 Å². The first kappa shape index (κ1) is 14.8. The summed E-state index contributed by atoms with van der Waals surface area (Å²) < 4.78 is 12.7. The molecule has 1 unspecified atom stereocenters. The van der Waals surface area contributed by atoms with E-state index in [0.29, 0.717) is 23.6 Å². The van der Waals surface area contributed by atoms with Crippen molar-refractivity contribution in [2.24, 2.45) is 0 Å². The average molecular weight is 340 g/mol. The first-order chi connectivity index (χ1) is 11.8. The van der Waals surface area contributed by atoms with Crippen LogP contribution in [0.4, 0.5) is 5.69 Å². The molecule has 0 bridgehead atoms. The fourth-order valence-corrected chi connectivity index (χ4v) is 3.58. The zero-order valence-corrected chi connectivity index (χ0v) is 13.7. The Bertz CT molecular complexity index is 794. The number of ether oxygens (including phenoxy) is 2. The van der Waals surface area contributed by atoms with Crippen molar-refractivity contribution in [3.05, 3.63) is 65.1 Å². The molecule has 3 heterocycles. The Morgan fingerprint density at radius 3 is 2.79 bits per heavy atom. The second-order valence-electron chi connectivity index (χ2n) is 5.48. The van der Waals surface area contributed by atoms with E-state index in [1.165, 1.54) is 0 Å². The Morgan fingerprint density at radius 1 is 1.17 bits per heavy atom. The number of carbonyl (C=O) groups excluding carboxylic acids is 1. The number of hydrogen-bond donors (Lipinski definition) is 1. The molecule has 122 valence electrons. The number of aromatic nitrogens is 1. The number of hydrogen-bond acceptors (Lipinski definition) is 4. The van der Waals surface area contributed by atoms with Crippen LogP contribution in [-0.4, -0.2) is 17.3 Å². The van der Waals surface area contributed by atoms with Crippen molar-refractivity contribution >= 4 is 22.9 Å². The van der Waals surface area contributed by atoms with E-state index in [1.807, 2.05) is 42.0 Å². The Balaban J connectivity index is 1.49. The maximum atomic E-state index is 12.5. The van der Waals surface area contributed by atoms with Gasteiger partial charge in [0.25, 0.3) is 0 Å². The van der Waals surface area contributed by atoms with Crippen LogP contribution < -0.4 is 14.8 Å². The van der Waals surface area contributed by atoms with Crippen molar-refractivity contribution in [3.63, 3.8) is 0 Å². The summed E-state index contributed by atoms with van der Waals surface area (Å²) in [5, 5.41) is 4.97. The molecular formula is C18H16N2O3S. The zero-order chi connectivity index (χ0) is 16.4. The number of carbonyl (C=O) groups is 1. The Morgan fingerprint density at radius 2 is 2.00 bits per heavy atom. The maximum absolute atomic E-state index is 12.5.